The van der Waals surface area contributed by atoms with E-state index in [4.69, 9.17) is 0 Å². The largest absolute Gasteiger partial charge is 0.480 e. The van der Waals surface area contributed by atoms with E-state index in [1.165, 1.54) is 12.1 Å². The third kappa shape index (κ3) is 3.31. The fraction of sp³-hybridized carbons (Fsp3) is 0.368. The van der Waals surface area contributed by atoms with Gasteiger partial charge in [0.25, 0.3) is 0 Å². The Kier molecular flexibility index (Phi) is 4.90. The number of aromatic nitrogens is 1. The number of hydrogen-bond donors (Lipinski definition) is 1. The molecule has 0 radical (unpaired) electrons. The minimum absolute atomic E-state index is 0.287. The minimum atomic E-state index is -0.817. The Hall–Kier alpha value is -2.27. The number of likely N-dealkylation sites (tertiary alicyclic amines) is 1. The van der Waals surface area contributed by atoms with Gasteiger partial charge in [0, 0.05) is 12.4 Å². The first-order valence-corrected chi connectivity index (χ1v) is 8.22. The van der Waals surface area contributed by atoms with Crippen LogP contribution in [0.2, 0.25) is 0 Å². The lowest BCUT2D eigenvalue weighted by atomic mass is 9.90. The first-order chi connectivity index (χ1) is 11.6. The van der Waals surface area contributed by atoms with E-state index in [1.807, 2.05) is 24.0 Å². The smallest absolute Gasteiger partial charge is 0.320 e. The van der Waals surface area contributed by atoms with E-state index in [0.29, 0.717) is 13.0 Å². The molecule has 0 bridgehead atoms. The third-order valence-corrected chi connectivity index (χ3v) is 4.68. The number of rotatable bonds is 4. The van der Waals surface area contributed by atoms with Gasteiger partial charge in [0.1, 0.15) is 11.9 Å². The van der Waals surface area contributed by atoms with Crippen LogP contribution >= 0.6 is 0 Å². The molecule has 1 aromatic carbocycles. The molecule has 0 spiro atoms. The van der Waals surface area contributed by atoms with E-state index in [9.17, 15) is 14.3 Å². The summed E-state index contributed by atoms with van der Waals surface area (Å²) in [5.41, 5.74) is 2.72. The van der Waals surface area contributed by atoms with Crippen LogP contribution in [0.25, 0.3) is 0 Å². The van der Waals surface area contributed by atoms with Crippen molar-refractivity contribution in [3.8, 4) is 0 Å². The van der Waals surface area contributed by atoms with Crippen molar-refractivity contribution < 1.29 is 14.3 Å². The molecule has 1 aromatic heterocycles. The Morgan fingerprint density at radius 1 is 1.38 bits per heavy atom. The summed E-state index contributed by atoms with van der Waals surface area (Å²) >= 11 is 0. The summed E-state index contributed by atoms with van der Waals surface area (Å²) < 4.78 is 13.8. The van der Waals surface area contributed by atoms with Crippen LogP contribution < -0.4 is 0 Å². The molecule has 0 amide bonds. The predicted molar refractivity (Wildman–Crippen MR) is 89.2 cm³/mol. The molecule has 1 saturated heterocycles. The van der Waals surface area contributed by atoms with Gasteiger partial charge in [-0.2, -0.15) is 0 Å². The van der Waals surface area contributed by atoms with E-state index in [2.05, 4.69) is 4.98 Å². The molecule has 3 rings (SSSR count). The second kappa shape index (κ2) is 7.09. The van der Waals surface area contributed by atoms with Crippen molar-refractivity contribution in [2.24, 2.45) is 0 Å². The number of carbonyl (C=O) groups is 1. The lowest BCUT2D eigenvalue weighted by Gasteiger charge is -2.40. The van der Waals surface area contributed by atoms with Crippen molar-refractivity contribution in [2.45, 2.75) is 38.3 Å². The Morgan fingerprint density at radius 3 is 2.92 bits per heavy atom. The van der Waals surface area contributed by atoms with Crippen molar-refractivity contribution in [3.63, 3.8) is 0 Å². The first-order valence-electron chi connectivity index (χ1n) is 8.22. The molecule has 126 valence electrons. The maximum absolute atomic E-state index is 13.8. The molecule has 1 N–H and O–H groups in total. The number of halogens is 1. The zero-order valence-electron chi connectivity index (χ0n) is 13.7. The van der Waals surface area contributed by atoms with Crippen LogP contribution in [0.3, 0.4) is 0 Å². The van der Waals surface area contributed by atoms with E-state index >= 15 is 0 Å². The molecular weight excluding hydrogens is 307 g/mol. The fourth-order valence-electron chi connectivity index (χ4n) is 3.55. The van der Waals surface area contributed by atoms with Crippen LogP contribution in [0.1, 0.15) is 42.0 Å². The second-order valence-corrected chi connectivity index (χ2v) is 6.28. The number of piperidine rings is 1. The van der Waals surface area contributed by atoms with Gasteiger partial charge >= 0.3 is 5.97 Å². The number of aliphatic carboxylic acids is 1. The lowest BCUT2D eigenvalue weighted by Crippen LogP contribution is -2.47. The Balaban J connectivity index is 2.11. The molecule has 0 aliphatic carbocycles. The molecule has 2 aromatic rings. The predicted octanol–water partition coefficient (Wildman–Crippen LogP) is 3.56. The van der Waals surface area contributed by atoms with Crippen molar-refractivity contribution in [1.29, 1.82) is 0 Å². The first kappa shape index (κ1) is 16.6. The van der Waals surface area contributed by atoms with Crippen molar-refractivity contribution in [3.05, 3.63) is 65.2 Å². The van der Waals surface area contributed by atoms with Crippen molar-refractivity contribution >= 4 is 5.97 Å². The van der Waals surface area contributed by atoms with Gasteiger partial charge < -0.3 is 5.11 Å². The van der Waals surface area contributed by atoms with E-state index < -0.39 is 12.0 Å². The van der Waals surface area contributed by atoms with Gasteiger partial charge in [0.15, 0.2) is 0 Å². The molecule has 2 unspecified atom stereocenters. The summed E-state index contributed by atoms with van der Waals surface area (Å²) in [7, 11) is 0. The second-order valence-electron chi connectivity index (χ2n) is 6.28. The molecule has 1 fully saturated rings. The minimum Gasteiger partial charge on any atom is -0.480 e. The molecule has 2 atom stereocenters. The molecule has 0 saturated carbocycles. The highest BCUT2D eigenvalue weighted by atomic mass is 19.1. The van der Waals surface area contributed by atoms with Gasteiger partial charge in [-0.15, -0.1) is 0 Å². The van der Waals surface area contributed by atoms with Gasteiger partial charge in [-0.1, -0.05) is 18.6 Å². The maximum atomic E-state index is 13.8. The van der Waals surface area contributed by atoms with Gasteiger partial charge in [0.05, 0.1) is 6.04 Å². The zero-order valence-corrected chi connectivity index (χ0v) is 13.7. The van der Waals surface area contributed by atoms with Gasteiger partial charge in [-0.3, -0.25) is 14.7 Å². The third-order valence-electron chi connectivity index (χ3n) is 4.68. The average molecular weight is 328 g/mol. The van der Waals surface area contributed by atoms with Crippen LogP contribution in [0.15, 0.2) is 42.7 Å². The summed E-state index contributed by atoms with van der Waals surface area (Å²) in [6.07, 6.45) is 5.93. The molecule has 1 aliphatic rings. The molecule has 1 aliphatic heterocycles. The van der Waals surface area contributed by atoms with Crippen LogP contribution in [0.4, 0.5) is 4.39 Å². The Bertz CT molecular complexity index is 735. The normalized spacial score (nSPS) is 19.8. The van der Waals surface area contributed by atoms with Crippen molar-refractivity contribution in [1.82, 2.24) is 9.88 Å². The summed E-state index contributed by atoms with van der Waals surface area (Å²) in [5, 5.41) is 9.65. The fourth-order valence-corrected chi connectivity index (χ4v) is 3.55. The highest BCUT2D eigenvalue weighted by Gasteiger charge is 2.35. The SMILES string of the molecule is Cc1cnccc1C(c1cccc(F)c1)N1CCCCC1C(=O)O. The van der Waals surface area contributed by atoms with Crippen LogP contribution in [-0.2, 0) is 4.79 Å². The number of carboxylic acids is 1. The summed E-state index contributed by atoms with van der Waals surface area (Å²) in [6, 6.07) is 7.50. The summed E-state index contributed by atoms with van der Waals surface area (Å²) in [4.78, 5) is 17.9. The summed E-state index contributed by atoms with van der Waals surface area (Å²) in [5.74, 6) is -1.13. The number of hydrogen-bond acceptors (Lipinski definition) is 3. The Morgan fingerprint density at radius 2 is 2.21 bits per heavy atom. The van der Waals surface area contributed by atoms with Crippen molar-refractivity contribution in [2.75, 3.05) is 6.54 Å². The number of carboxylic acid groups (broad SMARTS) is 1. The molecule has 4 nitrogen and oxygen atoms in total. The number of aryl methyl sites for hydroxylation is 1. The highest BCUT2D eigenvalue weighted by Crippen LogP contribution is 2.35. The van der Waals surface area contributed by atoms with Gasteiger partial charge in [0.2, 0.25) is 0 Å². The van der Waals surface area contributed by atoms with E-state index in [-0.39, 0.29) is 11.9 Å². The highest BCUT2D eigenvalue weighted by molar-refractivity contribution is 5.73. The molecule has 2 heterocycles. The lowest BCUT2D eigenvalue weighted by molar-refractivity contribution is -0.145. The average Bonchev–Trinajstić information content (AvgIpc) is 2.57. The number of nitrogens with zero attached hydrogens (tertiary/aromatic N) is 2. The summed E-state index contributed by atoms with van der Waals surface area (Å²) in [6.45, 7) is 2.63. The van der Waals surface area contributed by atoms with Crippen LogP contribution in [-0.4, -0.2) is 33.5 Å². The van der Waals surface area contributed by atoms with Crippen LogP contribution in [0.5, 0.6) is 0 Å². The Labute approximate surface area is 141 Å². The zero-order chi connectivity index (χ0) is 17.1. The van der Waals surface area contributed by atoms with Crippen LogP contribution in [0, 0.1) is 12.7 Å². The molecule has 24 heavy (non-hydrogen) atoms. The monoisotopic (exact) mass is 328 g/mol. The van der Waals surface area contributed by atoms with E-state index in [0.717, 1.165) is 29.5 Å². The topological polar surface area (TPSA) is 53.4 Å². The quantitative estimate of drug-likeness (QED) is 0.932. The number of pyridine rings is 1. The van der Waals surface area contributed by atoms with Gasteiger partial charge in [-0.25, -0.2) is 4.39 Å². The molecular formula is C19H21FN2O2. The number of benzene rings is 1. The van der Waals surface area contributed by atoms with Gasteiger partial charge in [-0.05, 0) is 61.2 Å². The standard InChI is InChI=1S/C19H21FN2O2/c1-13-12-21-9-8-16(13)18(14-5-4-6-15(20)11-14)22-10-3-2-7-17(22)19(23)24/h4-6,8-9,11-12,17-18H,2-3,7,10H2,1H3,(H,23,24). The molecule has 5 heteroatoms. The van der Waals surface area contributed by atoms with E-state index in [1.54, 1.807) is 18.5 Å². The maximum Gasteiger partial charge on any atom is 0.320 e.